The number of rotatable bonds is 4. The lowest BCUT2D eigenvalue weighted by atomic mass is 10.1. The molecule has 0 unspecified atom stereocenters. The van der Waals surface area contributed by atoms with Gasteiger partial charge in [0.2, 0.25) is 0 Å². The number of halogens is 1. The topological polar surface area (TPSA) is 15.6 Å². The van der Waals surface area contributed by atoms with E-state index in [4.69, 9.17) is 11.6 Å². The molecule has 0 radical (unpaired) electrons. The number of piperidine rings is 1. The van der Waals surface area contributed by atoms with Crippen LogP contribution in [0.1, 0.15) is 39.5 Å². The zero-order valence-electron chi connectivity index (χ0n) is 10.2. The van der Waals surface area contributed by atoms with Crippen molar-refractivity contribution in [2.24, 2.45) is 4.99 Å². The molecular weight excluding hydrogens is 220 g/mol. The van der Waals surface area contributed by atoms with Crippen LogP contribution in [0.4, 0.5) is 0 Å². The maximum absolute atomic E-state index is 5.91. The summed E-state index contributed by atoms with van der Waals surface area (Å²) in [6.45, 7) is 6.29. The maximum Gasteiger partial charge on any atom is 0.124 e. The van der Waals surface area contributed by atoms with Crippen molar-refractivity contribution < 1.29 is 0 Å². The fourth-order valence-electron chi connectivity index (χ4n) is 1.77. The standard InChI is InChI=1S/C13H21ClN2/c1-3-8-13(15-11-12(14)4-2)16-9-6-5-7-10-16/h4,8,11H,3,5-7,9-10H2,1-2H3/b12-4+,13-8-,15-11-. The molecule has 0 saturated carbocycles. The average molecular weight is 241 g/mol. The van der Waals surface area contributed by atoms with Gasteiger partial charge in [0.05, 0.1) is 5.03 Å². The van der Waals surface area contributed by atoms with Gasteiger partial charge in [-0.15, -0.1) is 0 Å². The second-order valence-electron chi connectivity index (χ2n) is 3.95. The van der Waals surface area contributed by atoms with Crippen LogP contribution >= 0.6 is 11.6 Å². The molecule has 0 atom stereocenters. The van der Waals surface area contributed by atoms with E-state index in [-0.39, 0.29) is 0 Å². The van der Waals surface area contributed by atoms with Gasteiger partial charge in [0.15, 0.2) is 0 Å². The molecule has 90 valence electrons. The number of likely N-dealkylation sites (tertiary alicyclic amines) is 1. The Morgan fingerprint density at radius 2 is 2.00 bits per heavy atom. The first-order valence-corrected chi connectivity index (χ1v) is 6.46. The molecule has 16 heavy (non-hydrogen) atoms. The van der Waals surface area contributed by atoms with Crippen molar-refractivity contribution >= 4 is 17.8 Å². The number of aliphatic imine (C=N–C) groups is 1. The van der Waals surface area contributed by atoms with Crippen LogP contribution in [0.3, 0.4) is 0 Å². The molecule has 1 fully saturated rings. The van der Waals surface area contributed by atoms with Crippen molar-refractivity contribution in [3.8, 4) is 0 Å². The van der Waals surface area contributed by atoms with E-state index in [2.05, 4.69) is 22.9 Å². The summed E-state index contributed by atoms with van der Waals surface area (Å²) < 4.78 is 0. The molecule has 0 aromatic carbocycles. The van der Waals surface area contributed by atoms with Gasteiger partial charge in [-0.25, -0.2) is 4.99 Å². The maximum atomic E-state index is 5.91. The molecule has 1 aliphatic heterocycles. The van der Waals surface area contributed by atoms with Crippen LogP contribution in [-0.2, 0) is 0 Å². The van der Waals surface area contributed by atoms with Crippen LogP contribution in [0.5, 0.6) is 0 Å². The Bertz CT molecular complexity index is 286. The van der Waals surface area contributed by atoms with Gasteiger partial charge in [-0.1, -0.05) is 24.6 Å². The largest absolute Gasteiger partial charge is 0.357 e. The van der Waals surface area contributed by atoms with Gasteiger partial charge in [-0.3, -0.25) is 0 Å². The van der Waals surface area contributed by atoms with E-state index in [1.807, 2.05) is 13.0 Å². The van der Waals surface area contributed by atoms with Crippen molar-refractivity contribution in [2.45, 2.75) is 39.5 Å². The van der Waals surface area contributed by atoms with Crippen LogP contribution < -0.4 is 0 Å². The average Bonchev–Trinajstić information content (AvgIpc) is 2.35. The van der Waals surface area contributed by atoms with Gasteiger partial charge in [0, 0.05) is 19.3 Å². The minimum Gasteiger partial charge on any atom is -0.357 e. The minimum absolute atomic E-state index is 0.694. The summed E-state index contributed by atoms with van der Waals surface area (Å²) in [4.78, 5) is 6.82. The van der Waals surface area contributed by atoms with Crippen LogP contribution in [0.25, 0.3) is 0 Å². The van der Waals surface area contributed by atoms with Crippen LogP contribution in [-0.4, -0.2) is 24.2 Å². The highest BCUT2D eigenvalue weighted by Gasteiger charge is 2.11. The molecule has 1 heterocycles. The van der Waals surface area contributed by atoms with Gasteiger partial charge >= 0.3 is 0 Å². The molecule has 0 spiro atoms. The number of nitrogens with zero attached hydrogens (tertiary/aromatic N) is 2. The van der Waals surface area contributed by atoms with E-state index in [1.54, 1.807) is 6.21 Å². The van der Waals surface area contributed by atoms with E-state index >= 15 is 0 Å². The first-order chi connectivity index (χ1) is 7.77. The highest BCUT2D eigenvalue weighted by atomic mass is 35.5. The summed E-state index contributed by atoms with van der Waals surface area (Å²) in [5, 5.41) is 0.694. The lowest BCUT2D eigenvalue weighted by Gasteiger charge is -2.28. The molecule has 1 rings (SSSR count). The van der Waals surface area contributed by atoms with E-state index in [0.29, 0.717) is 5.03 Å². The quantitative estimate of drug-likeness (QED) is 0.680. The summed E-state index contributed by atoms with van der Waals surface area (Å²) in [6, 6.07) is 0. The Morgan fingerprint density at radius 3 is 2.56 bits per heavy atom. The molecule has 0 amide bonds. The molecule has 0 bridgehead atoms. The van der Waals surface area contributed by atoms with Crippen molar-refractivity contribution in [3.05, 3.63) is 23.0 Å². The summed E-state index contributed by atoms with van der Waals surface area (Å²) in [6.07, 6.45) is 10.7. The summed E-state index contributed by atoms with van der Waals surface area (Å²) in [7, 11) is 0. The molecule has 3 heteroatoms. The molecular formula is C13H21ClN2. The zero-order valence-corrected chi connectivity index (χ0v) is 11.0. The van der Waals surface area contributed by atoms with Crippen LogP contribution in [0, 0.1) is 0 Å². The van der Waals surface area contributed by atoms with Gasteiger partial charge in [-0.05, 0) is 38.7 Å². The van der Waals surface area contributed by atoms with Gasteiger partial charge in [0.1, 0.15) is 5.82 Å². The third-order valence-corrected chi connectivity index (χ3v) is 2.98. The van der Waals surface area contributed by atoms with Crippen LogP contribution in [0.2, 0.25) is 0 Å². The first-order valence-electron chi connectivity index (χ1n) is 6.09. The molecule has 1 saturated heterocycles. The van der Waals surface area contributed by atoms with E-state index < -0.39 is 0 Å². The number of hydrogen-bond acceptors (Lipinski definition) is 2. The Hall–Kier alpha value is -0.760. The normalized spacial score (nSPS) is 19.6. The number of hydrogen-bond donors (Lipinski definition) is 0. The molecule has 2 nitrogen and oxygen atoms in total. The molecule has 0 aromatic heterocycles. The molecule has 0 N–H and O–H groups in total. The molecule has 0 aliphatic carbocycles. The monoisotopic (exact) mass is 240 g/mol. The van der Waals surface area contributed by atoms with E-state index in [0.717, 1.165) is 25.3 Å². The minimum atomic E-state index is 0.694. The lowest BCUT2D eigenvalue weighted by Crippen LogP contribution is -2.28. The third-order valence-electron chi connectivity index (χ3n) is 2.66. The van der Waals surface area contributed by atoms with Gasteiger partial charge in [-0.2, -0.15) is 0 Å². The smallest absolute Gasteiger partial charge is 0.124 e. The highest BCUT2D eigenvalue weighted by Crippen LogP contribution is 2.16. The Kier molecular flexibility index (Phi) is 6.24. The van der Waals surface area contributed by atoms with Crippen molar-refractivity contribution in [1.29, 1.82) is 0 Å². The molecule has 1 aliphatic rings. The summed E-state index contributed by atoms with van der Waals surface area (Å²) in [5.41, 5.74) is 0. The fourth-order valence-corrected chi connectivity index (χ4v) is 1.82. The Labute approximate surface area is 104 Å². The Morgan fingerprint density at radius 1 is 1.31 bits per heavy atom. The van der Waals surface area contributed by atoms with Gasteiger partial charge in [0.25, 0.3) is 0 Å². The summed E-state index contributed by atoms with van der Waals surface area (Å²) >= 11 is 5.91. The van der Waals surface area contributed by atoms with Crippen molar-refractivity contribution in [3.63, 3.8) is 0 Å². The van der Waals surface area contributed by atoms with E-state index in [9.17, 15) is 0 Å². The second kappa shape index (κ2) is 7.50. The third kappa shape index (κ3) is 4.40. The highest BCUT2D eigenvalue weighted by molar-refractivity contribution is 6.39. The van der Waals surface area contributed by atoms with Gasteiger partial charge < -0.3 is 4.90 Å². The van der Waals surface area contributed by atoms with E-state index in [1.165, 1.54) is 19.3 Å². The lowest BCUT2D eigenvalue weighted by molar-refractivity contribution is 0.282. The SMILES string of the molecule is C\C=C(Cl)/C=N\C(=C\CC)N1CCCCC1. The van der Waals surface area contributed by atoms with Crippen molar-refractivity contribution in [2.75, 3.05) is 13.1 Å². The predicted molar refractivity (Wildman–Crippen MR) is 71.9 cm³/mol. The second-order valence-corrected chi connectivity index (χ2v) is 4.39. The van der Waals surface area contributed by atoms with Crippen molar-refractivity contribution in [1.82, 2.24) is 4.90 Å². The summed E-state index contributed by atoms with van der Waals surface area (Å²) in [5.74, 6) is 1.07. The predicted octanol–water partition coefficient (Wildman–Crippen LogP) is 3.94. The fraction of sp³-hybridized carbons (Fsp3) is 0.615. The van der Waals surface area contributed by atoms with Crippen LogP contribution in [0.15, 0.2) is 28.0 Å². The first kappa shape index (κ1) is 13.3. The zero-order chi connectivity index (χ0) is 11.8. The number of allylic oxidation sites excluding steroid dienone is 3. The molecule has 0 aromatic rings. The Balaban J connectivity index is 2.67.